The van der Waals surface area contributed by atoms with Crippen LogP contribution in [0.25, 0.3) is 0 Å². The van der Waals surface area contributed by atoms with Crippen LogP contribution >= 0.6 is 27.7 Å². The van der Waals surface area contributed by atoms with Gasteiger partial charge in [-0.15, -0.1) is 0 Å². The van der Waals surface area contributed by atoms with Crippen molar-refractivity contribution in [3.05, 3.63) is 79.3 Å². The van der Waals surface area contributed by atoms with Crippen LogP contribution in [-0.2, 0) is 16.0 Å². The summed E-state index contributed by atoms with van der Waals surface area (Å²) in [7, 11) is 0. The maximum Gasteiger partial charge on any atom is 0.272 e. The minimum Gasteiger partial charge on any atom is -0.365 e. The number of carbonyl (C=O) groups is 2. The number of halogens is 1. The summed E-state index contributed by atoms with van der Waals surface area (Å²) in [6.45, 7) is 0. The molecule has 29 heavy (non-hydrogen) atoms. The zero-order valence-corrected chi connectivity index (χ0v) is 17.1. The van der Waals surface area contributed by atoms with Gasteiger partial charge in [0, 0.05) is 28.2 Å². The van der Waals surface area contributed by atoms with E-state index in [-0.39, 0.29) is 28.6 Å². The van der Waals surface area contributed by atoms with Crippen LogP contribution in [0, 0.1) is 21.4 Å². The summed E-state index contributed by atoms with van der Waals surface area (Å²) >= 11 is 4.32. The van der Waals surface area contributed by atoms with Gasteiger partial charge >= 0.3 is 0 Å². The lowest BCUT2D eigenvalue weighted by Gasteiger charge is -2.18. The molecule has 0 bridgehead atoms. The number of nitrogens with zero attached hydrogens (tertiary/aromatic N) is 3. The Kier molecular flexibility index (Phi) is 6.00. The van der Waals surface area contributed by atoms with E-state index in [4.69, 9.17) is 5.73 Å². The summed E-state index contributed by atoms with van der Waals surface area (Å²) < 4.78 is 0.790. The fraction of sp³-hybridized carbons (Fsp3) is 0.105. The molecule has 1 aliphatic rings. The Labute approximate surface area is 178 Å². The molecule has 0 spiro atoms. The molecule has 0 radical (unpaired) electrons. The molecule has 2 amide bonds. The number of nitriles is 1. The van der Waals surface area contributed by atoms with Crippen molar-refractivity contribution in [2.75, 3.05) is 4.90 Å². The van der Waals surface area contributed by atoms with Gasteiger partial charge in [-0.2, -0.15) is 5.26 Å². The van der Waals surface area contributed by atoms with Gasteiger partial charge in [-0.1, -0.05) is 45.9 Å². The summed E-state index contributed by atoms with van der Waals surface area (Å²) in [6.07, 6.45) is 0.0641. The van der Waals surface area contributed by atoms with Crippen LogP contribution < -0.4 is 10.6 Å². The highest BCUT2D eigenvalue weighted by molar-refractivity contribution is 9.10. The molecule has 0 aliphatic carbocycles. The molecule has 1 heterocycles. The molecule has 8 nitrogen and oxygen atoms in total. The first-order valence-corrected chi connectivity index (χ1v) is 9.93. The molecule has 2 aromatic carbocycles. The van der Waals surface area contributed by atoms with Crippen LogP contribution in [0.15, 0.2) is 63.6 Å². The lowest BCUT2D eigenvalue weighted by atomic mass is 10.1. The zero-order chi connectivity index (χ0) is 21.1. The third-order valence-electron chi connectivity index (χ3n) is 4.20. The normalized spacial score (nSPS) is 17.7. The molecule has 10 heteroatoms. The van der Waals surface area contributed by atoms with Gasteiger partial charge in [0.25, 0.3) is 11.6 Å². The minimum absolute atomic E-state index is 0.0641. The van der Waals surface area contributed by atoms with Crippen molar-refractivity contribution >= 4 is 50.9 Å². The molecule has 1 atom stereocenters. The molecule has 2 aromatic rings. The molecule has 0 aromatic heterocycles. The molecule has 1 aliphatic heterocycles. The van der Waals surface area contributed by atoms with Crippen molar-refractivity contribution < 1.29 is 14.5 Å². The number of thioether (sulfide) groups is 1. The Balaban J connectivity index is 2.06. The smallest absolute Gasteiger partial charge is 0.272 e. The van der Waals surface area contributed by atoms with E-state index in [0.29, 0.717) is 11.3 Å². The van der Waals surface area contributed by atoms with Crippen LogP contribution in [0.5, 0.6) is 0 Å². The summed E-state index contributed by atoms with van der Waals surface area (Å²) in [5, 5.41) is 20.0. The number of nitro benzene ring substituents is 1. The number of anilines is 1. The number of carbonyl (C=O) groups excluding carboxylic acids is 2. The Morgan fingerprint density at radius 2 is 1.93 bits per heavy atom. The van der Waals surface area contributed by atoms with E-state index in [1.807, 2.05) is 0 Å². The molecule has 1 saturated heterocycles. The van der Waals surface area contributed by atoms with Crippen molar-refractivity contribution in [3.8, 4) is 6.07 Å². The molecule has 0 saturated carbocycles. The van der Waals surface area contributed by atoms with Crippen LogP contribution in [-0.4, -0.2) is 22.0 Å². The average Bonchev–Trinajstić information content (AvgIpc) is 2.99. The number of benzene rings is 2. The molecule has 0 unspecified atom stereocenters. The van der Waals surface area contributed by atoms with E-state index < -0.39 is 16.1 Å². The summed E-state index contributed by atoms with van der Waals surface area (Å²) in [5.41, 5.74) is 5.75. The van der Waals surface area contributed by atoms with Gasteiger partial charge in [0.15, 0.2) is 0 Å². The second-order valence-electron chi connectivity index (χ2n) is 6.00. The summed E-state index contributed by atoms with van der Waals surface area (Å²) in [6, 6.07) is 14.7. The maximum atomic E-state index is 13.2. The summed E-state index contributed by atoms with van der Waals surface area (Å²) in [4.78, 5) is 37.0. The third kappa shape index (κ3) is 4.16. The average molecular weight is 473 g/mol. The Bertz CT molecular complexity index is 1080. The van der Waals surface area contributed by atoms with Crippen molar-refractivity contribution in [1.82, 2.24) is 0 Å². The van der Waals surface area contributed by atoms with Gasteiger partial charge in [-0.05, 0) is 24.3 Å². The molecule has 2 N–H and O–H groups in total. The highest BCUT2D eigenvalue weighted by atomic mass is 79.9. The molecule has 146 valence electrons. The number of para-hydroxylation sites is 1. The standard InChI is InChI=1S/C19H13BrN4O4S/c20-12-5-7-13(8-6-12)23-18(26)16(29-19(23)14(10-21)17(22)25)9-11-3-1-2-4-15(11)24(27)28/h1-8,16H,9H2,(H2,22,25)/b19-14-/t16-/m1/s1. The van der Waals surface area contributed by atoms with Crippen molar-refractivity contribution in [1.29, 1.82) is 5.26 Å². The highest BCUT2D eigenvalue weighted by Gasteiger charge is 2.41. The first-order chi connectivity index (χ1) is 13.8. The molecular weight excluding hydrogens is 460 g/mol. The Morgan fingerprint density at radius 1 is 1.28 bits per heavy atom. The van der Waals surface area contributed by atoms with Crippen molar-refractivity contribution in [3.63, 3.8) is 0 Å². The van der Waals surface area contributed by atoms with Gasteiger partial charge in [0.05, 0.1) is 10.2 Å². The Morgan fingerprint density at radius 3 is 2.52 bits per heavy atom. The number of primary amides is 1. The van der Waals surface area contributed by atoms with Crippen LogP contribution in [0.1, 0.15) is 5.56 Å². The van der Waals surface area contributed by atoms with Crippen LogP contribution in [0.2, 0.25) is 0 Å². The molecular formula is C19H13BrN4O4S. The maximum absolute atomic E-state index is 13.2. The third-order valence-corrected chi connectivity index (χ3v) is 5.99. The number of nitro groups is 1. The van der Waals surface area contributed by atoms with Gasteiger partial charge in [0.1, 0.15) is 16.7 Å². The fourth-order valence-corrected chi connectivity index (χ4v) is 4.45. The number of hydrogen-bond donors (Lipinski definition) is 1. The SMILES string of the molecule is N#C/C(C(N)=O)=C1/S[C@H](Cc2ccccc2[N+](=O)[O-])C(=O)N1c1ccc(Br)cc1. The Hall–Kier alpha value is -3.16. The van der Waals surface area contributed by atoms with Crippen LogP contribution in [0.4, 0.5) is 11.4 Å². The first kappa shape index (κ1) is 20.6. The number of hydrogen-bond acceptors (Lipinski definition) is 6. The van der Waals surface area contributed by atoms with E-state index in [2.05, 4.69) is 15.9 Å². The van der Waals surface area contributed by atoms with Gasteiger partial charge < -0.3 is 5.73 Å². The predicted octanol–water partition coefficient (Wildman–Crippen LogP) is 3.27. The lowest BCUT2D eigenvalue weighted by Crippen LogP contribution is -2.31. The van der Waals surface area contributed by atoms with Crippen molar-refractivity contribution in [2.45, 2.75) is 11.7 Å². The number of nitrogens with two attached hydrogens (primary N) is 1. The largest absolute Gasteiger partial charge is 0.365 e. The van der Waals surface area contributed by atoms with E-state index >= 15 is 0 Å². The quantitative estimate of drug-likeness (QED) is 0.307. The van der Waals surface area contributed by atoms with E-state index in [0.717, 1.165) is 16.2 Å². The fourth-order valence-electron chi connectivity index (χ4n) is 2.89. The number of rotatable bonds is 5. The lowest BCUT2D eigenvalue weighted by molar-refractivity contribution is -0.385. The monoisotopic (exact) mass is 472 g/mol. The van der Waals surface area contributed by atoms with Gasteiger partial charge in [0.2, 0.25) is 5.91 Å². The zero-order valence-electron chi connectivity index (χ0n) is 14.7. The topological polar surface area (TPSA) is 130 Å². The second-order valence-corrected chi connectivity index (χ2v) is 8.11. The second kappa shape index (κ2) is 8.46. The van der Waals surface area contributed by atoms with E-state index in [9.17, 15) is 25.0 Å². The predicted molar refractivity (Wildman–Crippen MR) is 112 cm³/mol. The van der Waals surface area contributed by atoms with E-state index in [1.165, 1.54) is 11.0 Å². The first-order valence-electron chi connectivity index (χ1n) is 8.26. The number of amides is 2. The van der Waals surface area contributed by atoms with Crippen molar-refractivity contribution in [2.24, 2.45) is 5.73 Å². The summed E-state index contributed by atoms with van der Waals surface area (Å²) in [5.74, 6) is -1.34. The minimum atomic E-state index is -0.948. The highest BCUT2D eigenvalue weighted by Crippen LogP contribution is 2.42. The molecule has 1 fully saturated rings. The van der Waals surface area contributed by atoms with Gasteiger partial charge in [-0.3, -0.25) is 24.6 Å². The molecule has 3 rings (SSSR count). The van der Waals surface area contributed by atoms with Gasteiger partial charge in [-0.25, -0.2) is 0 Å². The van der Waals surface area contributed by atoms with E-state index in [1.54, 1.807) is 48.5 Å². The van der Waals surface area contributed by atoms with Crippen LogP contribution in [0.3, 0.4) is 0 Å².